The van der Waals surface area contributed by atoms with Crippen LogP contribution in [0, 0.1) is 6.42 Å². The molecule has 2 aromatic rings. The van der Waals surface area contributed by atoms with Gasteiger partial charge in [0.2, 0.25) is 6.36 Å². The number of pyridine rings is 1. The van der Waals surface area contributed by atoms with Gasteiger partial charge in [0.25, 0.3) is 0 Å². The average molecular weight is 221 g/mol. The van der Waals surface area contributed by atoms with Crippen LogP contribution in [-0.2, 0) is 7.05 Å². The number of hydrogen-bond donors (Lipinski definition) is 1. The standard InChI is InChI=1S/C10H10FN4O/c1-15-13-6-9(14-15)8-3-2-7(5-12-8)4-10(11)16/h2-6,10,16H,1H3. The largest absolute Gasteiger partial charge is 0.364 e. The highest BCUT2D eigenvalue weighted by Gasteiger charge is 2.06. The summed E-state index contributed by atoms with van der Waals surface area (Å²) in [4.78, 5) is 5.52. The molecule has 16 heavy (non-hydrogen) atoms. The van der Waals surface area contributed by atoms with Gasteiger partial charge in [-0.2, -0.15) is 15.0 Å². The third-order valence-corrected chi connectivity index (χ3v) is 1.98. The maximum absolute atomic E-state index is 12.3. The molecule has 1 atom stereocenters. The topological polar surface area (TPSA) is 63.8 Å². The summed E-state index contributed by atoms with van der Waals surface area (Å²) in [5.74, 6) is 0. The van der Waals surface area contributed by atoms with Crippen molar-refractivity contribution in [1.82, 2.24) is 20.0 Å². The number of halogens is 1. The quantitative estimate of drug-likeness (QED) is 0.829. The van der Waals surface area contributed by atoms with Crippen LogP contribution in [0.25, 0.3) is 11.4 Å². The maximum Gasteiger partial charge on any atom is 0.204 e. The molecule has 0 aliphatic rings. The zero-order valence-electron chi connectivity index (χ0n) is 8.58. The predicted octanol–water partition coefficient (Wildman–Crippen LogP) is 0.717. The van der Waals surface area contributed by atoms with Crippen LogP contribution in [0.2, 0.25) is 0 Å². The first-order valence-electron chi connectivity index (χ1n) is 4.65. The van der Waals surface area contributed by atoms with Crippen molar-refractivity contribution in [3.8, 4) is 11.4 Å². The van der Waals surface area contributed by atoms with Crippen molar-refractivity contribution in [1.29, 1.82) is 0 Å². The third-order valence-electron chi connectivity index (χ3n) is 1.98. The summed E-state index contributed by atoms with van der Waals surface area (Å²) in [5.41, 5.74) is 1.82. The molecule has 2 aromatic heterocycles. The number of alkyl halides is 1. The van der Waals surface area contributed by atoms with E-state index in [1.165, 1.54) is 11.0 Å². The number of aryl methyl sites for hydroxylation is 1. The minimum Gasteiger partial charge on any atom is -0.364 e. The highest BCUT2D eigenvalue weighted by molar-refractivity contribution is 5.52. The SMILES string of the molecule is Cn1ncc(-c2ccc([CH]C(O)F)cn2)n1. The van der Waals surface area contributed by atoms with Gasteiger partial charge >= 0.3 is 0 Å². The lowest BCUT2D eigenvalue weighted by molar-refractivity contribution is 0.0759. The lowest BCUT2D eigenvalue weighted by Gasteiger charge is -2.01. The number of nitrogens with zero attached hydrogens (tertiary/aromatic N) is 4. The van der Waals surface area contributed by atoms with E-state index in [2.05, 4.69) is 15.2 Å². The molecule has 2 heterocycles. The molecule has 0 saturated carbocycles. The number of aliphatic hydroxyl groups excluding tert-OH is 1. The number of hydrogen-bond acceptors (Lipinski definition) is 4. The summed E-state index contributed by atoms with van der Waals surface area (Å²) in [6, 6.07) is 3.35. The van der Waals surface area contributed by atoms with E-state index >= 15 is 0 Å². The van der Waals surface area contributed by atoms with Gasteiger partial charge in [-0.25, -0.2) is 4.39 Å². The van der Waals surface area contributed by atoms with E-state index in [1.54, 1.807) is 25.4 Å². The van der Waals surface area contributed by atoms with Crippen LogP contribution in [0.15, 0.2) is 24.5 Å². The summed E-state index contributed by atoms with van der Waals surface area (Å²) in [6.45, 7) is 0. The van der Waals surface area contributed by atoms with E-state index in [1.807, 2.05) is 0 Å². The van der Waals surface area contributed by atoms with E-state index in [4.69, 9.17) is 5.11 Å². The fraction of sp³-hybridized carbons (Fsp3) is 0.200. The normalized spacial score (nSPS) is 12.7. The molecule has 1 N–H and O–H groups in total. The zero-order chi connectivity index (χ0) is 11.5. The molecular weight excluding hydrogens is 211 g/mol. The van der Waals surface area contributed by atoms with Crippen LogP contribution in [0.3, 0.4) is 0 Å². The van der Waals surface area contributed by atoms with E-state index < -0.39 is 6.36 Å². The van der Waals surface area contributed by atoms with Crippen LogP contribution in [0.5, 0.6) is 0 Å². The highest BCUT2D eigenvalue weighted by Crippen LogP contribution is 2.14. The van der Waals surface area contributed by atoms with E-state index in [9.17, 15) is 4.39 Å². The number of rotatable bonds is 3. The van der Waals surface area contributed by atoms with Crippen LogP contribution < -0.4 is 0 Å². The molecular formula is C10H10FN4O. The summed E-state index contributed by atoms with van der Waals surface area (Å²) >= 11 is 0. The Labute approximate surface area is 91.6 Å². The molecule has 2 rings (SSSR count). The second-order valence-corrected chi connectivity index (χ2v) is 3.24. The van der Waals surface area contributed by atoms with E-state index in [0.717, 1.165) is 6.42 Å². The van der Waals surface area contributed by atoms with Gasteiger partial charge in [-0.05, 0) is 11.6 Å². The van der Waals surface area contributed by atoms with Crippen molar-refractivity contribution >= 4 is 0 Å². The Morgan fingerprint density at radius 1 is 1.38 bits per heavy atom. The molecule has 1 unspecified atom stereocenters. The van der Waals surface area contributed by atoms with Gasteiger partial charge < -0.3 is 5.11 Å². The average Bonchev–Trinajstić information content (AvgIpc) is 2.65. The lowest BCUT2D eigenvalue weighted by atomic mass is 10.2. The minimum absolute atomic E-state index is 0.516. The van der Waals surface area contributed by atoms with E-state index in [0.29, 0.717) is 17.0 Å². The number of aromatic nitrogens is 4. The molecule has 83 valence electrons. The predicted molar refractivity (Wildman–Crippen MR) is 54.8 cm³/mol. The van der Waals surface area contributed by atoms with Crippen LogP contribution in [0.4, 0.5) is 4.39 Å². The Bertz CT molecular complexity index is 466. The smallest absolute Gasteiger partial charge is 0.204 e. The number of aliphatic hydroxyl groups is 1. The Kier molecular flexibility index (Phi) is 2.91. The van der Waals surface area contributed by atoms with Crippen molar-refractivity contribution < 1.29 is 9.50 Å². The van der Waals surface area contributed by atoms with Crippen molar-refractivity contribution in [3.05, 3.63) is 36.5 Å². The summed E-state index contributed by atoms with van der Waals surface area (Å²) in [7, 11) is 1.71. The second kappa shape index (κ2) is 4.36. The van der Waals surface area contributed by atoms with Crippen LogP contribution >= 0.6 is 0 Å². The highest BCUT2D eigenvalue weighted by atomic mass is 19.1. The molecule has 5 nitrogen and oxygen atoms in total. The van der Waals surface area contributed by atoms with Gasteiger partial charge in [-0.15, -0.1) is 0 Å². The van der Waals surface area contributed by atoms with Gasteiger partial charge in [0, 0.05) is 13.2 Å². The van der Waals surface area contributed by atoms with Gasteiger partial charge in [0.1, 0.15) is 5.69 Å². The zero-order valence-corrected chi connectivity index (χ0v) is 8.58. The Balaban J connectivity index is 2.19. The maximum atomic E-state index is 12.3. The van der Waals surface area contributed by atoms with E-state index in [-0.39, 0.29) is 0 Å². The van der Waals surface area contributed by atoms with Crippen molar-refractivity contribution in [2.24, 2.45) is 7.05 Å². The molecule has 0 saturated heterocycles. The Morgan fingerprint density at radius 3 is 2.69 bits per heavy atom. The van der Waals surface area contributed by atoms with Crippen LogP contribution in [-0.4, -0.2) is 31.4 Å². The molecule has 0 bridgehead atoms. The first-order valence-corrected chi connectivity index (χ1v) is 4.65. The molecule has 0 aliphatic carbocycles. The first kappa shape index (κ1) is 10.7. The third kappa shape index (κ3) is 2.40. The summed E-state index contributed by atoms with van der Waals surface area (Å²) in [5, 5.41) is 16.5. The lowest BCUT2D eigenvalue weighted by Crippen LogP contribution is -1.99. The molecule has 0 fully saturated rings. The summed E-state index contributed by atoms with van der Waals surface area (Å²) in [6.07, 6.45) is 2.15. The fourth-order valence-corrected chi connectivity index (χ4v) is 1.28. The molecule has 6 heteroatoms. The molecule has 0 aromatic carbocycles. The van der Waals surface area contributed by atoms with Gasteiger partial charge in [0.15, 0.2) is 0 Å². The molecule has 1 radical (unpaired) electrons. The van der Waals surface area contributed by atoms with Crippen molar-refractivity contribution in [2.45, 2.75) is 6.36 Å². The molecule has 0 aliphatic heterocycles. The fourth-order valence-electron chi connectivity index (χ4n) is 1.28. The molecule has 0 spiro atoms. The van der Waals surface area contributed by atoms with Crippen molar-refractivity contribution in [3.63, 3.8) is 0 Å². The van der Waals surface area contributed by atoms with Gasteiger partial charge in [-0.1, -0.05) is 6.07 Å². The monoisotopic (exact) mass is 221 g/mol. The first-order chi connectivity index (χ1) is 7.65. The minimum atomic E-state index is -1.97. The van der Waals surface area contributed by atoms with Gasteiger partial charge in [0.05, 0.1) is 18.3 Å². The van der Waals surface area contributed by atoms with Crippen LogP contribution in [0.1, 0.15) is 5.56 Å². The Morgan fingerprint density at radius 2 is 2.19 bits per heavy atom. The second-order valence-electron chi connectivity index (χ2n) is 3.24. The Hall–Kier alpha value is -1.82. The summed E-state index contributed by atoms with van der Waals surface area (Å²) < 4.78 is 12.3. The van der Waals surface area contributed by atoms with Crippen molar-refractivity contribution in [2.75, 3.05) is 0 Å². The molecule has 0 amide bonds. The van der Waals surface area contributed by atoms with Gasteiger partial charge in [-0.3, -0.25) is 4.98 Å².